The van der Waals surface area contributed by atoms with Crippen LogP contribution in [0.3, 0.4) is 0 Å². The van der Waals surface area contributed by atoms with Crippen molar-refractivity contribution in [2.45, 2.75) is 13.8 Å². The Labute approximate surface area is 103 Å². The number of carbonyl (C=O) groups is 1. The normalized spacial score (nSPS) is 10.7. The maximum absolute atomic E-state index is 12.0. The molecule has 0 heterocycles. The number of halogens is 1. The van der Waals surface area contributed by atoms with E-state index in [4.69, 9.17) is 10.00 Å². The topological polar surface area (TPSA) is 50.1 Å². The number of ether oxygens (including phenoxy) is 1. The average molecular weight is 282 g/mol. The molecule has 0 aliphatic rings. The summed E-state index contributed by atoms with van der Waals surface area (Å²) in [5.74, 6) is 0.463. The molecule has 84 valence electrons. The molecule has 1 aromatic carbocycles. The van der Waals surface area contributed by atoms with Gasteiger partial charge in [-0.05, 0) is 48.0 Å². The molecule has 0 atom stereocenters. The minimum absolute atomic E-state index is 0.196. The molecule has 0 N–H and O–H groups in total. The van der Waals surface area contributed by atoms with Crippen LogP contribution in [0.5, 0.6) is 5.75 Å². The van der Waals surface area contributed by atoms with Crippen LogP contribution < -0.4 is 4.74 Å². The third-order valence-electron chi connectivity index (χ3n) is 2.26. The van der Waals surface area contributed by atoms with Crippen molar-refractivity contribution in [1.29, 1.82) is 5.26 Å². The molecule has 0 unspecified atom stereocenters. The highest BCUT2D eigenvalue weighted by Crippen LogP contribution is 2.28. The van der Waals surface area contributed by atoms with E-state index < -0.39 is 5.41 Å². The fraction of sp³-hybridized carbons (Fsp3) is 0.333. The van der Waals surface area contributed by atoms with Gasteiger partial charge in [0.1, 0.15) is 11.2 Å². The van der Waals surface area contributed by atoms with Gasteiger partial charge in [-0.2, -0.15) is 5.26 Å². The minimum atomic E-state index is -1.01. The lowest BCUT2D eigenvalue weighted by Crippen LogP contribution is -2.22. The SMILES string of the molecule is COc1ccc(C(=O)C(C)(C)C#N)cc1Br. The summed E-state index contributed by atoms with van der Waals surface area (Å²) in [5, 5.41) is 8.89. The van der Waals surface area contributed by atoms with Gasteiger partial charge in [-0.15, -0.1) is 0 Å². The predicted molar refractivity (Wildman–Crippen MR) is 64.4 cm³/mol. The number of Topliss-reactive ketones (excluding diaryl/α,β-unsaturated/α-hetero) is 1. The van der Waals surface area contributed by atoms with Crippen molar-refractivity contribution in [3.05, 3.63) is 28.2 Å². The van der Waals surface area contributed by atoms with E-state index in [9.17, 15) is 4.79 Å². The molecule has 3 nitrogen and oxygen atoms in total. The number of ketones is 1. The molecule has 0 saturated carbocycles. The molecule has 0 fully saturated rings. The summed E-state index contributed by atoms with van der Waals surface area (Å²) in [6.45, 7) is 3.21. The van der Waals surface area contributed by atoms with Crippen molar-refractivity contribution in [2.75, 3.05) is 7.11 Å². The van der Waals surface area contributed by atoms with E-state index in [0.29, 0.717) is 15.8 Å². The zero-order valence-electron chi connectivity index (χ0n) is 9.37. The number of nitrogens with zero attached hydrogens (tertiary/aromatic N) is 1. The lowest BCUT2D eigenvalue weighted by molar-refractivity contribution is 0.0892. The summed E-state index contributed by atoms with van der Waals surface area (Å²) in [7, 11) is 1.56. The van der Waals surface area contributed by atoms with Gasteiger partial charge < -0.3 is 4.74 Å². The molecule has 0 radical (unpaired) electrons. The second kappa shape index (κ2) is 4.67. The molecule has 0 aliphatic carbocycles. The largest absolute Gasteiger partial charge is 0.496 e. The summed E-state index contributed by atoms with van der Waals surface area (Å²) >= 11 is 3.30. The molecule has 1 rings (SSSR count). The fourth-order valence-electron chi connectivity index (χ4n) is 1.22. The number of nitriles is 1. The van der Waals surface area contributed by atoms with Crippen molar-refractivity contribution < 1.29 is 9.53 Å². The highest BCUT2D eigenvalue weighted by atomic mass is 79.9. The van der Waals surface area contributed by atoms with Crippen LogP contribution in [0.25, 0.3) is 0 Å². The van der Waals surface area contributed by atoms with E-state index in [1.165, 1.54) is 0 Å². The van der Waals surface area contributed by atoms with Gasteiger partial charge >= 0.3 is 0 Å². The zero-order chi connectivity index (χ0) is 12.3. The molecule has 1 aromatic rings. The summed E-state index contributed by atoms with van der Waals surface area (Å²) < 4.78 is 5.77. The molecule has 16 heavy (non-hydrogen) atoms. The lowest BCUT2D eigenvalue weighted by atomic mass is 9.86. The Bertz CT molecular complexity index is 461. The van der Waals surface area contributed by atoms with Crippen LogP contribution in [-0.2, 0) is 0 Å². The molecular formula is C12H12BrNO2. The van der Waals surface area contributed by atoms with Crippen molar-refractivity contribution in [1.82, 2.24) is 0 Å². The van der Waals surface area contributed by atoms with Crippen molar-refractivity contribution in [3.8, 4) is 11.8 Å². The summed E-state index contributed by atoms with van der Waals surface area (Å²) in [5.41, 5.74) is -0.507. The maximum atomic E-state index is 12.0. The van der Waals surface area contributed by atoms with E-state index in [1.54, 1.807) is 39.2 Å². The number of hydrogen-bond donors (Lipinski definition) is 0. The quantitative estimate of drug-likeness (QED) is 0.800. The smallest absolute Gasteiger partial charge is 0.182 e. The highest BCUT2D eigenvalue weighted by Gasteiger charge is 2.28. The van der Waals surface area contributed by atoms with Gasteiger partial charge in [-0.3, -0.25) is 4.79 Å². The van der Waals surface area contributed by atoms with Crippen molar-refractivity contribution in [3.63, 3.8) is 0 Å². The van der Waals surface area contributed by atoms with Gasteiger partial charge in [0.25, 0.3) is 0 Å². The number of benzene rings is 1. The van der Waals surface area contributed by atoms with Crippen molar-refractivity contribution in [2.24, 2.45) is 5.41 Å². The van der Waals surface area contributed by atoms with Gasteiger partial charge in [-0.25, -0.2) is 0 Å². The van der Waals surface area contributed by atoms with E-state index in [-0.39, 0.29) is 5.78 Å². The summed E-state index contributed by atoms with van der Waals surface area (Å²) in [6.07, 6.45) is 0. The number of methoxy groups -OCH3 is 1. The second-order valence-corrected chi connectivity index (χ2v) is 4.77. The molecule has 0 spiro atoms. The van der Waals surface area contributed by atoms with Crippen LogP contribution in [0, 0.1) is 16.7 Å². The van der Waals surface area contributed by atoms with Crippen LogP contribution in [0.2, 0.25) is 0 Å². The first kappa shape index (κ1) is 12.7. The number of rotatable bonds is 3. The Morgan fingerprint density at radius 3 is 2.56 bits per heavy atom. The Morgan fingerprint density at radius 1 is 1.50 bits per heavy atom. The van der Waals surface area contributed by atoms with E-state index >= 15 is 0 Å². The first-order valence-corrected chi connectivity index (χ1v) is 5.51. The van der Waals surface area contributed by atoms with Gasteiger partial charge in [0.15, 0.2) is 5.78 Å². The third kappa shape index (κ3) is 2.42. The molecule has 0 aliphatic heterocycles. The van der Waals surface area contributed by atoms with Gasteiger partial charge in [0.2, 0.25) is 0 Å². The average Bonchev–Trinajstić information content (AvgIpc) is 2.27. The first-order valence-electron chi connectivity index (χ1n) is 4.72. The minimum Gasteiger partial charge on any atom is -0.496 e. The number of hydrogen-bond acceptors (Lipinski definition) is 3. The van der Waals surface area contributed by atoms with Crippen molar-refractivity contribution >= 4 is 21.7 Å². The molecular weight excluding hydrogens is 270 g/mol. The Morgan fingerprint density at radius 2 is 2.12 bits per heavy atom. The summed E-state index contributed by atoms with van der Waals surface area (Å²) in [4.78, 5) is 12.0. The number of carbonyl (C=O) groups excluding carboxylic acids is 1. The Hall–Kier alpha value is -1.34. The van der Waals surface area contributed by atoms with Crippen LogP contribution in [0.1, 0.15) is 24.2 Å². The highest BCUT2D eigenvalue weighted by molar-refractivity contribution is 9.10. The lowest BCUT2D eigenvalue weighted by Gasteiger charge is -2.14. The summed E-state index contributed by atoms with van der Waals surface area (Å²) in [6, 6.07) is 7.02. The van der Waals surface area contributed by atoms with Crippen LogP contribution in [-0.4, -0.2) is 12.9 Å². The molecule has 4 heteroatoms. The third-order valence-corrected chi connectivity index (χ3v) is 2.88. The molecule has 0 bridgehead atoms. The fourth-order valence-corrected chi connectivity index (χ4v) is 1.76. The first-order chi connectivity index (χ1) is 7.42. The second-order valence-electron chi connectivity index (χ2n) is 3.92. The molecule has 0 aromatic heterocycles. The van der Waals surface area contributed by atoms with Gasteiger partial charge in [0, 0.05) is 5.56 Å². The molecule has 0 amide bonds. The zero-order valence-corrected chi connectivity index (χ0v) is 11.0. The van der Waals surface area contributed by atoms with Crippen LogP contribution >= 0.6 is 15.9 Å². The standard InChI is InChI=1S/C12H12BrNO2/c1-12(2,7-14)11(15)8-4-5-10(16-3)9(13)6-8/h4-6H,1-3H3. The van der Waals surface area contributed by atoms with E-state index in [0.717, 1.165) is 0 Å². The monoisotopic (exact) mass is 281 g/mol. The van der Waals surface area contributed by atoms with Crippen LogP contribution in [0.15, 0.2) is 22.7 Å². The van der Waals surface area contributed by atoms with Crippen LogP contribution in [0.4, 0.5) is 0 Å². The maximum Gasteiger partial charge on any atom is 0.182 e. The predicted octanol–water partition coefficient (Wildman–Crippen LogP) is 3.19. The van der Waals surface area contributed by atoms with E-state index in [1.807, 2.05) is 6.07 Å². The van der Waals surface area contributed by atoms with Gasteiger partial charge in [-0.1, -0.05) is 0 Å². The van der Waals surface area contributed by atoms with E-state index in [2.05, 4.69) is 15.9 Å². The Balaban J connectivity index is 3.13. The Kier molecular flexibility index (Phi) is 3.71. The molecule has 0 saturated heterocycles. The van der Waals surface area contributed by atoms with Gasteiger partial charge in [0.05, 0.1) is 17.7 Å².